The van der Waals surface area contributed by atoms with Gasteiger partial charge in [-0.25, -0.2) is 0 Å². The van der Waals surface area contributed by atoms with E-state index in [0.29, 0.717) is 16.6 Å². The number of methoxy groups -OCH3 is 1. The molecule has 0 atom stereocenters. The Bertz CT molecular complexity index is 326. The molecule has 0 aromatic heterocycles. The number of hydrogen-bond acceptors (Lipinski definition) is 3. The normalized spacial score (nSPS) is 9.69. The number of ether oxygens (including phenoxy) is 1. The Morgan fingerprint density at radius 2 is 2.31 bits per heavy atom. The average molecular weight is 244 g/mol. The molecule has 2 N–H and O–H groups in total. The molecule has 0 unspecified atom stereocenters. The van der Waals surface area contributed by atoms with Crippen LogP contribution in [-0.2, 0) is 6.42 Å². The summed E-state index contributed by atoms with van der Waals surface area (Å²) in [6.45, 7) is 0. The van der Waals surface area contributed by atoms with Crippen LogP contribution in [-0.4, -0.2) is 18.4 Å². The number of aromatic hydroxyl groups is 1. The third-order valence-electron chi connectivity index (χ3n) is 1.70. The van der Waals surface area contributed by atoms with Crippen LogP contribution >= 0.6 is 15.9 Å². The lowest BCUT2D eigenvalue weighted by Crippen LogP contribution is -1.90. The molecule has 0 aliphatic heterocycles. The van der Waals surface area contributed by atoms with E-state index < -0.39 is 0 Å². The molecule has 3 nitrogen and oxygen atoms in total. The first-order valence-corrected chi connectivity index (χ1v) is 4.53. The minimum atomic E-state index is 0.0850. The van der Waals surface area contributed by atoms with Gasteiger partial charge in [0.1, 0.15) is 0 Å². The molecule has 0 fully saturated rings. The Morgan fingerprint density at radius 3 is 2.85 bits per heavy atom. The van der Waals surface area contributed by atoms with Crippen molar-refractivity contribution in [3.8, 4) is 11.5 Å². The number of nitrogens with one attached hydrogen (secondary N) is 1. The van der Waals surface area contributed by atoms with Crippen LogP contribution in [0.3, 0.4) is 0 Å². The van der Waals surface area contributed by atoms with E-state index in [9.17, 15) is 5.11 Å². The van der Waals surface area contributed by atoms with Crippen molar-refractivity contribution in [3.63, 3.8) is 0 Å². The van der Waals surface area contributed by atoms with Gasteiger partial charge in [0, 0.05) is 6.42 Å². The molecular weight excluding hydrogens is 234 g/mol. The summed E-state index contributed by atoms with van der Waals surface area (Å²) < 4.78 is 5.51. The van der Waals surface area contributed by atoms with Crippen molar-refractivity contribution in [2.75, 3.05) is 7.11 Å². The predicted octanol–water partition coefficient (Wildman–Crippen LogP) is 2.36. The summed E-state index contributed by atoms with van der Waals surface area (Å²) in [5, 5.41) is 16.5. The van der Waals surface area contributed by atoms with Crippen molar-refractivity contribution in [3.05, 3.63) is 22.2 Å². The molecule has 0 spiro atoms. The first-order chi connectivity index (χ1) is 6.20. The highest BCUT2D eigenvalue weighted by atomic mass is 79.9. The molecule has 0 heterocycles. The second-order valence-electron chi connectivity index (χ2n) is 2.50. The number of halogens is 1. The second kappa shape index (κ2) is 4.28. The molecule has 0 aliphatic rings. The van der Waals surface area contributed by atoms with Crippen LogP contribution in [0.15, 0.2) is 16.6 Å². The summed E-state index contributed by atoms with van der Waals surface area (Å²) in [4.78, 5) is 0. The Morgan fingerprint density at radius 1 is 1.62 bits per heavy atom. The van der Waals surface area contributed by atoms with Crippen molar-refractivity contribution in [1.82, 2.24) is 0 Å². The molecule has 70 valence electrons. The van der Waals surface area contributed by atoms with E-state index in [1.165, 1.54) is 13.3 Å². The number of phenolic OH excluding ortho intramolecular Hbond substituents is 1. The molecule has 1 aromatic rings. The number of hydrogen-bond donors (Lipinski definition) is 2. The molecule has 1 rings (SSSR count). The van der Waals surface area contributed by atoms with E-state index in [2.05, 4.69) is 15.9 Å². The summed E-state index contributed by atoms with van der Waals surface area (Å²) in [6, 6.07) is 3.49. The third kappa shape index (κ3) is 2.01. The maximum atomic E-state index is 9.56. The fourth-order valence-corrected chi connectivity index (χ4v) is 1.51. The molecule has 0 saturated carbocycles. The van der Waals surface area contributed by atoms with Crippen LogP contribution in [0.4, 0.5) is 0 Å². The Labute approximate surface area is 85.0 Å². The summed E-state index contributed by atoms with van der Waals surface area (Å²) in [7, 11) is 1.50. The zero-order valence-electron chi connectivity index (χ0n) is 7.17. The van der Waals surface area contributed by atoms with E-state index in [0.717, 1.165) is 5.56 Å². The average Bonchev–Trinajstić information content (AvgIpc) is 2.14. The number of rotatable bonds is 3. The van der Waals surface area contributed by atoms with Crippen molar-refractivity contribution < 1.29 is 9.84 Å². The highest BCUT2D eigenvalue weighted by molar-refractivity contribution is 9.10. The largest absolute Gasteiger partial charge is 0.503 e. The van der Waals surface area contributed by atoms with Gasteiger partial charge < -0.3 is 15.3 Å². The topological polar surface area (TPSA) is 53.3 Å². The second-order valence-corrected chi connectivity index (χ2v) is 3.29. The van der Waals surface area contributed by atoms with Gasteiger partial charge >= 0.3 is 0 Å². The first-order valence-electron chi connectivity index (χ1n) is 3.74. The van der Waals surface area contributed by atoms with E-state index in [1.54, 1.807) is 6.07 Å². The van der Waals surface area contributed by atoms with E-state index in [-0.39, 0.29) is 5.75 Å². The van der Waals surface area contributed by atoms with E-state index in [1.807, 2.05) is 6.07 Å². The SMILES string of the molecule is COc1ccc(CC=N)c(Br)c1O. The van der Waals surface area contributed by atoms with Crippen LogP contribution in [0, 0.1) is 5.41 Å². The van der Waals surface area contributed by atoms with Crippen molar-refractivity contribution in [2.45, 2.75) is 6.42 Å². The molecule has 0 aliphatic carbocycles. The summed E-state index contributed by atoms with van der Waals surface area (Å²) in [6.07, 6.45) is 1.78. The van der Waals surface area contributed by atoms with Crippen LogP contribution in [0.5, 0.6) is 11.5 Å². The van der Waals surface area contributed by atoms with E-state index in [4.69, 9.17) is 10.1 Å². The number of benzene rings is 1. The maximum absolute atomic E-state index is 9.56. The number of phenols is 1. The fraction of sp³-hybridized carbons (Fsp3) is 0.222. The van der Waals surface area contributed by atoms with Crippen LogP contribution in [0.25, 0.3) is 0 Å². The van der Waals surface area contributed by atoms with Gasteiger partial charge in [-0.1, -0.05) is 6.07 Å². The molecule has 4 heteroatoms. The van der Waals surface area contributed by atoms with Gasteiger partial charge in [0.05, 0.1) is 11.6 Å². The first kappa shape index (κ1) is 10.1. The molecule has 0 saturated heterocycles. The lowest BCUT2D eigenvalue weighted by atomic mass is 10.1. The quantitative estimate of drug-likeness (QED) is 0.802. The van der Waals surface area contributed by atoms with Gasteiger partial charge in [0.2, 0.25) is 0 Å². The molecule has 0 radical (unpaired) electrons. The fourth-order valence-electron chi connectivity index (χ4n) is 1.02. The summed E-state index contributed by atoms with van der Waals surface area (Å²) >= 11 is 3.24. The van der Waals surface area contributed by atoms with Crippen LogP contribution < -0.4 is 4.74 Å². The van der Waals surface area contributed by atoms with Gasteiger partial charge in [0.15, 0.2) is 11.5 Å². The van der Waals surface area contributed by atoms with Gasteiger partial charge in [-0.3, -0.25) is 0 Å². The van der Waals surface area contributed by atoms with E-state index >= 15 is 0 Å². The lowest BCUT2D eigenvalue weighted by Gasteiger charge is -2.07. The zero-order valence-corrected chi connectivity index (χ0v) is 8.76. The maximum Gasteiger partial charge on any atom is 0.172 e. The van der Waals surface area contributed by atoms with Crippen molar-refractivity contribution in [2.24, 2.45) is 0 Å². The van der Waals surface area contributed by atoms with Gasteiger partial charge in [0.25, 0.3) is 0 Å². The monoisotopic (exact) mass is 243 g/mol. The Kier molecular flexibility index (Phi) is 3.31. The molecular formula is C9H10BrNO2. The lowest BCUT2D eigenvalue weighted by molar-refractivity contribution is 0.371. The van der Waals surface area contributed by atoms with Gasteiger partial charge in [-0.2, -0.15) is 0 Å². The predicted molar refractivity (Wildman–Crippen MR) is 54.8 cm³/mol. The van der Waals surface area contributed by atoms with Gasteiger partial charge in [-0.05, 0) is 33.8 Å². The van der Waals surface area contributed by atoms with Crippen LogP contribution in [0.2, 0.25) is 0 Å². The molecule has 1 aromatic carbocycles. The highest BCUT2D eigenvalue weighted by Gasteiger charge is 2.09. The molecule has 0 bridgehead atoms. The van der Waals surface area contributed by atoms with Crippen molar-refractivity contribution >= 4 is 22.1 Å². The smallest absolute Gasteiger partial charge is 0.172 e. The Balaban J connectivity index is 3.14. The van der Waals surface area contributed by atoms with Crippen molar-refractivity contribution in [1.29, 1.82) is 5.41 Å². The standard InChI is InChI=1S/C9H10BrNO2/c1-13-7-3-2-6(4-5-11)8(10)9(7)12/h2-3,5,11-12H,4H2,1H3. The minimum absolute atomic E-state index is 0.0850. The highest BCUT2D eigenvalue weighted by Crippen LogP contribution is 2.36. The summed E-state index contributed by atoms with van der Waals surface area (Å²) in [5.41, 5.74) is 0.869. The minimum Gasteiger partial charge on any atom is -0.503 e. The third-order valence-corrected chi connectivity index (χ3v) is 2.59. The molecule has 0 amide bonds. The van der Waals surface area contributed by atoms with Gasteiger partial charge in [-0.15, -0.1) is 0 Å². The summed E-state index contributed by atoms with van der Waals surface area (Å²) in [5.74, 6) is 0.516. The zero-order chi connectivity index (χ0) is 9.84. The Hall–Kier alpha value is -1.03. The van der Waals surface area contributed by atoms with Crippen LogP contribution in [0.1, 0.15) is 5.56 Å². The molecule has 13 heavy (non-hydrogen) atoms.